The summed E-state index contributed by atoms with van der Waals surface area (Å²) >= 11 is -2.31. The van der Waals surface area contributed by atoms with Gasteiger partial charge in [-0.15, -0.1) is 0 Å². The van der Waals surface area contributed by atoms with E-state index in [4.69, 9.17) is 17.1 Å². The van der Waals surface area contributed by atoms with E-state index in [-0.39, 0.29) is 41.7 Å². The number of hydrogen-bond acceptors (Lipinski definition) is 0. The van der Waals surface area contributed by atoms with E-state index in [9.17, 15) is 0 Å². The zero-order chi connectivity index (χ0) is 3.58. The minimum absolute atomic E-state index is 0. The molecule has 0 aromatic rings. The van der Waals surface area contributed by atoms with Gasteiger partial charge in [0.1, 0.15) is 0 Å². The van der Waals surface area contributed by atoms with E-state index in [2.05, 4.69) is 0 Å². The quantitative estimate of drug-likeness (QED) is 0.597. The van der Waals surface area contributed by atoms with Gasteiger partial charge >= 0.3 is 47.4 Å². The average Bonchev–Trinajstić information content (AvgIpc) is 0.811. The van der Waals surface area contributed by atoms with Crippen LogP contribution in [0.4, 0.5) is 0 Å². The average molecular weight is 387 g/mol. The number of hydrogen-bond donors (Lipinski definition) is 0. The molecule has 0 heterocycles. The van der Waals surface area contributed by atoms with Gasteiger partial charge in [0.05, 0.1) is 0 Å². The Balaban J connectivity index is 0. The third-order valence-electron chi connectivity index (χ3n) is 0. The van der Waals surface area contributed by atoms with Crippen molar-refractivity contribution in [1.82, 2.24) is 0 Å². The predicted octanol–water partition coefficient (Wildman–Crippen LogP) is 2.07. The Hall–Kier alpha value is 3.61. The molecule has 0 aromatic carbocycles. The molecule has 0 aliphatic carbocycles. The number of halogens is 3. The van der Waals surface area contributed by atoms with Crippen molar-refractivity contribution in [2.45, 2.75) is 0 Å². The maximum absolute atomic E-state index is 5.03. The third kappa shape index (κ3) is 18.4. The Labute approximate surface area is 86.1 Å². The molecule has 5 heavy (non-hydrogen) atoms. The molecule has 0 aliphatic heterocycles. The Morgan fingerprint density at radius 3 is 1.00 bits per heavy atom. The summed E-state index contributed by atoms with van der Waals surface area (Å²) in [7, 11) is 0. The molecule has 0 saturated heterocycles. The SMILES string of the molecule is [Ce].[Cl][Pr]([Cl])[Cl]. The van der Waals surface area contributed by atoms with Crippen LogP contribution >= 0.6 is 17.1 Å². The second kappa shape index (κ2) is 7.61. The van der Waals surface area contributed by atoms with E-state index in [1.807, 2.05) is 0 Å². The van der Waals surface area contributed by atoms with E-state index in [1.165, 1.54) is 0 Å². The van der Waals surface area contributed by atoms with Crippen molar-refractivity contribution in [3.63, 3.8) is 0 Å². The molecule has 28 valence electrons. The van der Waals surface area contributed by atoms with Crippen molar-refractivity contribution < 1.29 is 72.0 Å². The molecule has 0 spiro atoms. The van der Waals surface area contributed by atoms with E-state index in [0.29, 0.717) is 0 Å². The molecular formula is CeCl3Pr. The van der Waals surface area contributed by atoms with Crippen LogP contribution in [0.2, 0.25) is 0 Å². The van der Waals surface area contributed by atoms with Crippen molar-refractivity contribution in [3.05, 3.63) is 0 Å². The van der Waals surface area contributed by atoms with E-state index in [0.717, 1.165) is 0 Å². The summed E-state index contributed by atoms with van der Waals surface area (Å²) in [5, 5.41) is 0. The van der Waals surface area contributed by atoms with E-state index >= 15 is 0 Å². The van der Waals surface area contributed by atoms with Gasteiger partial charge in [0.25, 0.3) is 0 Å². The van der Waals surface area contributed by atoms with Gasteiger partial charge in [-0.05, 0) is 0 Å². The molecular weight excluding hydrogens is 387 g/mol. The van der Waals surface area contributed by atoms with Gasteiger partial charge in [0.2, 0.25) is 0 Å². The molecule has 0 unspecified atom stereocenters. The molecule has 0 aromatic heterocycles. The van der Waals surface area contributed by atoms with Crippen LogP contribution in [-0.4, -0.2) is 0 Å². The molecule has 0 rings (SSSR count). The predicted molar refractivity (Wildman–Crippen MR) is 17.6 cm³/mol. The standard InChI is InChI=1S/Ce.3ClH.Pr/h;3*1H;/q;;;;+3/p-3. The van der Waals surface area contributed by atoms with Gasteiger partial charge in [0, 0.05) is 41.7 Å². The molecule has 0 bridgehead atoms. The van der Waals surface area contributed by atoms with Crippen molar-refractivity contribution in [2.75, 3.05) is 0 Å². The van der Waals surface area contributed by atoms with Crippen molar-refractivity contribution in [2.24, 2.45) is 0 Å². The Kier molecular flexibility index (Phi) is 17.4. The normalized spacial score (nSPS) is 5.40. The first-order valence-electron chi connectivity index (χ1n) is 0.655. The first-order valence-corrected chi connectivity index (χ1v) is 14.6. The van der Waals surface area contributed by atoms with Gasteiger partial charge in [-0.1, -0.05) is 0 Å². The first kappa shape index (κ1) is 11.4. The summed E-state index contributed by atoms with van der Waals surface area (Å²) in [6.07, 6.45) is 0. The third-order valence-corrected chi connectivity index (χ3v) is 0. The fraction of sp³-hybridized carbons (Fsp3) is 0. The van der Waals surface area contributed by atoms with Gasteiger partial charge in [-0.2, -0.15) is 0 Å². The summed E-state index contributed by atoms with van der Waals surface area (Å²) in [6, 6.07) is 0. The van der Waals surface area contributed by atoms with Crippen LogP contribution in [0, 0.1) is 72.0 Å². The Bertz CT molecular complexity index is 11.6. The molecule has 0 radical (unpaired) electrons. The van der Waals surface area contributed by atoms with Crippen LogP contribution in [0.25, 0.3) is 0 Å². The molecule has 0 N–H and O–H groups in total. The fourth-order valence-corrected chi connectivity index (χ4v) is 0. The molecule has 0 nitrogen and oxygen atoms in total. The van der Waals surface area contributed by atoms with Crippen LogP contribution in [0.3, 0.4) is 0 Å². The van der Waals surface area contributed by atoms with Crippen molar-refractivity contribution in [3.8, 4) is 0 Å². The molecule has 0 amide bonds. The van der Waals surface area contributed by atoms with E-state index in [1.54, 1.807) is 0 Å². The van der Waals surface area contributed by atoms with Crippen LogP contribution < -0.4 is 0 Å². The van der Waals surface area contributed by atoms with Crippen LogP contribution in [0.15, 0.2) is 0 Å². The summed E-state index contributed by atoms with van der Waals surface area (Å²) in [6.45, 7) is 0. The summed E-state index contributed by atoms with van der Waals surface area (Å²) in [5.74, 6) is 0. The second-order valence-corrected chi connectivity index (χ2v) is 16.5. The van der Waals surface area contributed by atoms with Crippen LogP contribution in [-0.2, 0) is 0 Å². The van der Waals surface area contributed by atoms with Crippen molar-refractivity contribution >= 4 is 17.1 Å². The van der Waals surface area contributed by atoms with Gasteiger partial charge in [-0.25, -0.2) is 0 Å². The van der Waals surface area contributed by atoms with Crippen LogP contribution in [0.1, 0.15) is 0 Å². The van der Waals surface area contributed by atoms with Gasteiger partial charge < -0.3 is 0 Å². The number of rotatable bonds is 0. The zero-order valence-electron chi connectivity index (χ0n) is 2.21. The fourth-order valence-electron chi connectivity index (χ4n) is 0. The first-order chi connectivity index (χ1) is 1.73. The molecule has 0 saturated carbocycles. The van der Waals surface area contributed by atoms with Crippen molar-refractivity contribution in [1.29, 1.82) is 0 Å². The summed E-state index contributed by atoms with van der Waals surface area (Å²) in [4.78, 5) is 0. The molecule has 0 atom stereocenters. The molecule has 5 heteroatoms. The van der Waals surface area contributed by atoms with Crippen LogP contribution in [0.5, 0.6) is 0 Å². The minimum atomic E-state index is -2.31. The molecule has 0 aliphatic rings. The molecule has 0 fully saturated rings. The monoisotopic (exact) mass is 386 g/mol. The van der Waals surface area contributed by atoms with E-state index < -0.39 is 30.3 Å². The Morgan fingerprint density at radius 2 is 1.00 bits per heavy atom. The zero-order valence-corrected chi connectivity index (χ0v) is 11.3. The maximum atomic E-state index is 5.03. The van der Waals surface area contributed by atoms with Gasteiger partial charge in [0.15, 0.2) is 0 Å². The Morgan fingerprint density at radius 1 is 1.00 bits per heavy atom. The second-order valence-electron chi connectivity index (χ2n) is 0.247. The summed E-state index contributed by atoms with van der Waals surface area (Å²) < 4.78 is 0. The topological polar surface area (TPSA) is 0 Å². The van der Waals surface area contributed by atoms with Gasteiger partial charge in [-0.3, -0.25) is 0 Å². The summed E-state index contributed by atoms with van der Waals surface area (Å²) in [5.41, 5.74) is 15.1.